The number of nitrogens with two attached hydrogens (primary N) is 1. The molecule has 2 N–H and O–H groups in total. The Bertz CT molecular complexity index is 440. The normalized spacial score (nSPS) is 14.4. The Hall–Kier alpha value is -1.84. The minimum absolute atomic E-state index is 0.0245. The summed E-state index contributed by atoms with van der Waals surface area (Å²) in [6.45, 7) is 0.607. The van der Waals surface area contributed by atoms with Crippen molar-refractivity contribution in [2.24, 2.45) is 0 Å². The second-order valence-electron chi connectivity index (χ2n) is 4.64. The number of unbranched alkanes of at least 4 members (excludes halogenated alkanes) is 1. The van der Waals surface area contributed by atoms with Gasteiger partial charge in [-0.15, -0.1) is 0 Å². The summed E-state index contributed by atoms with van der Waals surface area (Å²) in [7, 11) is 0. The van der Waals surface area contributed by atoms with E-state index in [0.29, 0.717) is 19.4 Å². The van der Waals surface area contributed by atoms with Crippen LogP contribution in [0, 0.1) is 0 Å². The number of carbonyl (C=O) groups excluding carboxylic acids is 2. The predicted molar refractivity (Wildman–Crippen MR) is 69.7 cm³/mol. The zero-order valence-electron chi connectivity index (χ0n) is 10.4. The van der Waals surface area contributed by atoms with Crippen molar-refractivity contribution >= 4 is 17.5 Å². The molecule has 1 saturated heterocycles. The molecule has 1 aromatic carbocycles. The molecule has 0 radical (unpaired) electrons. The summed E-state index contributed by atoms with van der Waals surface area (Å²) in [4.78, 5) is 24.0. The molecule has 1 heterocycles. The van der Waals surface area contributed by atoms with E-state index in [-0.39, 0.29) is 11.8 Å². The van der Waals surface area contributed by atoms with Gasteiger partial charge in [-0.2, -0.15) is 0 Å². The number of hydrogen-bond acceptors (Lipinski definition) is 3. The molecule has 1 aliphatic heterocycles. The summed E-state index contributed by atoms with van der Waals surface area (Å²) in [5, 5.41) is 0. The van der Waals surface area contributed by atoms with Crippen LogP contribution in [0.15, 0.2) is 24.3 Å². The summed E-state index contributed by atoms with van der Waals surface area (Å²) < 4.78 is 0. The van der Waals surface area contributed by atoms with E-state index in [2.05, 4.69) is 0 Å². The van der Waals surface area contributed by atoms with Gasteiger partial charge in [-0.05, 0) is 37.0 Å². The van der Waals surface area contributed by atoms with Crippen molar-refractivity contribution in [2.45, 2.75) is 32.1 Å². The lowest BCUT2D eigenvalue weighted by Gasteiger charge is -2.28. The van der Waals surface area contributed by atoms with Crippen LogP contribution in [0.25, 0.3) is 0 Å². The second kappa shape index (κ2) is 5.67. The maximum Gasteiger partial charge on any atom is 0.230 e. The molecule has 0 aromatic heterocycles. The number of aryl methyl sites for hydroxylation is 1. The second-order valence-corrected chi connectivity index (χ2v) is 4.64. The summed E-state index contributed by atoms with van der Waals surface area (Å²) in [6.07, 6.45) is 3.73. The van der Waals surface area contributed by atoms with E-state index in [0.717, 1.165) is 24.9 Å². The van der Waals surface area contributed by atoms with E-state index in [9.17, 15) is 9.59 Å². The third-order valence-electron chi connectivity index (χ3n) is 3.24. The fourth-order valence-electron chi connectivity index (χ4n) is 2.00. The number of nitrogen functional groups attached to an aromatic ring is 1. The van der Waals surface area contributed by atoms with Crippen molar-refractivity contribution in [3.05, 3.63) is 29.8 Å². The highest BCUT2D eigenvalue weighted by Crippen LogP contribution is 2.13. The third kappa shape index (κ3) is 3.09. The van der Waals surface area contributed by atoms with Gasteiger partial charge in [0.05, 0.1) is 0 Å². The number of carbonyl (C=O) groups is 2. The standard InChI is InChI=1S/C14H18N2O2/c15-12-7-5-11(6-8-12)3-1-2-4-13(17)16-10-9-14(16)18/h5-8H,1-4,9-10,15H2. The molecule has 0 aliphatic carbocycles. The zero-order chi connectivity index (χ0) is 13.0. The average Bonchev–Trinajstić information content (AvgIpc) is 2.35. The lowest BCUT2D eigenvalue weighted by molar-refractivity contribution is -0.152. The molecule has 4 nitrogen and oxygen atoms in total. The van der Waals surface area contributed by atoms with Crippen LogP contribution < -0.4 is 5.73 Å². The van der Waals surface area contributed by atoms with E-state index in [1.807, 2.05) is 24.3 Å². The molecule has 0 bridgehead atoms. The van der Waals surface area contributed by atoms with Crippen molar-refractivity contribution in [1.82, 2.24) is 4.90 Å². The van der Waals surface area contributed by atoms with Gasteiger partial charge in [0.2, 0.25) is 11.8 Å². The molecule has 1 aromatic rings. The van der Waals surface area contributed by atoms with Crippen LogP contribution in [-0.4, -0.2) is 23.3 Å². The SMILES string of the molecule is Nc1ccc(CCCCC(=O)N2CCC2=O)cc1. The van der Waals surface area contributed by atoms with Gasteiger partial charge in [0.15, 0.2) is 0 Å². The summed E-state index contributed by atoms with van der Waals surface area (Å²) in [6, 6.07) is 7.80. The smallest absolute Gasteiger partial charge is 0.230 e. The summed E-state index contributed by atoms with van der Waals surface area (Å²) in [5.74, 6) is -0.0536. The largest absolute Gasteiger partial charge is 0.399 e. The molecular weight excluding hydrogens is 228 g/mol. The Kier molecular flexibility index (Phi) is 3.97. The number of amides is 2. The summed E-state index contributed by atoms with van der Waals surface area (Å²) >= 11 is 0. The average molecular weight is 246 g/mol. The molecule has 0 atom stereocenters. The van der Waals surface area contributed by atoms with Gasteiger partial charge in [0, 0.05) is 25.1 Å². The van der Waals surface area contributed by atoms with Gasteiger partial charge in [-0.3, -0.25) is 14.5 Å². The number of β-lactam (4-membered cyclic amide) rings is 1. The molecule has 18 heavy (non-hydrogen) atoms. The van der Waals surface area contributed by atoms with Crippen LogP contribution >= 0.6 is 0 Å². The maximum absolute atomic E-state index is 11.6. The van der Waals surface area contributed by atoms with Crippen LogP contribution in [0.4, 0.5) is 5.69 Å². The summed E-state index contributed by atoms with van der Waals surface area (Å²) in [5.41, 5.74) is 7.61. The Morgan fingerprint density at radius 1 is 1.22 bits per heavy atom. The lowest BCUT2D eigenvalue weighted by atomic mass is 10.1. The van der Waals surface area contributed by atoms with E-state index >= 15 is 0 Å². The number of rotatable bonds is 5. The van der Waals surface area contributed by atoms with E-state index in [1.54, 1.807) is 0 Å². The predicted octanol–water partition coefficient (Wildman–Crippen LogP) is 1.74. The quantitative estimate of drug-likeness (QED) is 0.489. The number of likely N-dealkylation sites (tertiary alicyclic amines) is 1. The van der Waals surface area contributed by atoms with E-state index in [1.165, 1.54) is 10.5 Å². The highest BCUT2D eigenvalue weighted by molar-refractivity contribution is 5.99. The molecule has 0 spiro atoms. The third-order valence-corrected chi connectivity index (χ3v) is 3.24. The molecule has 0 saturated carbocycles. The first-order chi connectivity index (χ1) is 8.66. The number of nitrogens with zero attached hydrogens (tertiary/aromatic N) is 1. The van der Waals surface area contributed by atoms with Crippen molar-refractivity contribution in [3.8, 4) is 0 Å². The highest BCUT2D eigenvalue weighted by atomic mass is 16.2. The molecule has 2 amide bonds. The molecule has 4 heteroatoms. The number of hydrogen-bond donors (Lipinski definition) is 1. The Morgan fingerprint density at radius 3 is 2.50 bits per heavy atom. The van der Waals surface area contributed by atoms with Crippen molar-refractivity contribution < 1.29 is 9.59 Å². The number of imide groups is 1. The van der Waals surface area contributed by atoms with Crippen molar-refractivity contribution in [2.75, 3.05) is 12.3 Å². The van der Waals surface area contributed by atoms with Gasteiger partial charge in [-0.1, -0.05) is 12.1 Å². The van der Waals surface area contributed by atoms with Gasteiger partial charge >= 0.3 is 0 Å². The molecule has 96 valence electrons. The van der Waals surface area contributed by atoms with Gasteiger partial charge in [0.25, 0.3) is 0 Å². The lowest BCUT2D eigenvalue weighted by Crippen LogP contribution is -2.47. The fourth-order valence-corrected chi connectivity index (χ4v) is 2.00. The van der Waals surface area contributed by atoms with Gasteiger partial charge in [-0.25, -0.2) is 0 Å². The molecular formula is C14H18N2O2. The first kappa shape index (κ1) is 12.6. The minimum Gasteiger partial charge on any atom is -0.399 e. The highest BCUT2D eigenvalue weighted by Gasteiger charge is 2.28. The van der Waals surface area contributed by atoms with Crippen molar-refractivity contribution in [3.63, 3.8) is 0 Å². The first-order valence-electron chi connectivity index (χ1n) is 6.34. The Balaban J connectivity index is 1.65. The molecule has 1 fully saturated rings. The molecule has 2 rings (SSSR count). The van der Waals surface area contributed by atoms with Gasteiger partial charge in [0.1, 0.15) is 0 Å². The van der Waals surface area contributed by atoms with Crippen LogP contribution in [0.3, 0.4) is 0 Å². The minimum atomic E-state index is -0.0291. The Morgan fingerprint density at radius 2 is 1.94 bits per heavy atom. The van der Waals surface area contributed by atoms with Crippen LogP contribution in [0.1, 0.15) is 31.2 Å². The zero-order valence-corrected chi connectivity index (χ0v) is 10.4. The Labute approximate surface area is 107 Å². The van der Waals surface area contributed by atoms with Crippen LogP contribution in [-0.2, 0) is 16.0 Å². The monoisotopic (exact) mass is 246 g/mol. The fraction of sp³-hybridized carbons (Fsp3) is 0.429. The number of anilines is 1. The van der Waals surface area contributed by atoms with E-state index < -0.39 is 0 Å². The van der Waals surface area contributed by atoms with Crippen molar-refractivity contribution in [1.29, 1.82) is 0 Å². The van der Waals surface area contributed by atoms with Crippen LogP contribution in [0.5, 0.6) is 0 Å². The molecule has 1 aliphatic rings. The first-order valence-corrected chi connectivity index (χ1v) is 6.34. The topological polar surface area (TPSA) is 63.4 Å². The number of benzene rings is 1. The molecule has 0 unspecified atom stereocenters. The maximum atomic E-state index is 11.6. The van der Waals surface area contributed by atoms with Gasteiger partial charge < -0.3 is 5.73 Å². The van der Waals surface area contributed by atoms with E-state index in [4.69, 9.17) is 5.73 Å². The van der Waals surface area contributed by atoms with Crippen LogP contribution in [0.2, 0.25) is 0 Å².